The van der Waals surface area contributed by atoms with Gasteiger partial charge in [-0.2, -0.15) is 0 Å². The van der Waals surface area contributed by atoms with Crippen LogP contribution in [0.5, 0.6) is 0 Å². The van der Waals surface area contributed by atoms with Crippen molar-refractivity contribution < 1.29 is 0 Å². The van der Waals surface area contributed by atoms with Crippen LogP contribution < -0.4 is 11.1 Å². The summed E-state index contributed by atoms with van der Waals surface area (Å²) < 4.78 is 1.11. The fraction of sp³-hybridized carbons (Fsp3) is 0.333. The van der Waals surface area contributed by atoms with Crippen molar-refractivity contribution in [3.63, 3.8) is 0 Å². The molecule has 0 fully saturated rings. The van der Waals surface area contributed by atoms with E-state index in [1.54, 1.807) is 23.1 Å². The van der Waals surface area contributed by atoms with Crippen LogP contribution in [0.3, 0.4) is 0 Å². The van der Waals surface area contributed by atoms with E-state index in [0.29, 0.717) is 5.96 Å². The van der Waals surface area contributed by atoms with Gasteiger partial charge in [-0.25, -0.2) is 4.98 Å². The summed E-state index contributed by atoms with van der Waals surface area (Å²) in [4.78, 5) is 8.58. The Kier molecular flexibility index (Phi) is 6.07. The van der Waals surface area contributed by atoms with Crippen LogP contribution in [0.15, 0.2) is 39.1 Å². The second kappa shape index (κ2) is 8.05. The SMILES string of the molecule is Cc1cc(C)cc(NC(N)=NCCCSc2nccs2)c1. The Balaban J connectivity index is 1.73. The number of anilines is 1. The molecule has 0 aliphatic rings. The lowest BCUT2D eigenvalue weighted by molar-refractivity contribution is 0.939. The average molecular weight is 320 g/mol. The predicted octanol–water partition coefficient (Wildman–Crippen LogP) is 3.67. The van der Waals surface area contributed by atoms with E-state index < -0.39 is 0 Å². The van der Waals surface area contributed by atoms with Crippen molar-refractivity contribution in [2.75, 3.05) is 17.6 Å². The Hall–Kier alpha value is -1.53. The van der Waals surface area contributed by atoms with Crippen LogP contribution in [0.2, 0.25) is 0 Å². The summed E-state index contributed by atoms with van der Waals surface area (Å²) in [6.45, 7) is 4.87. The number of thioether (sulfide) groups is 1. The molecule has 0 aliphatic carbocycles. The fourth-order valence-electron chi connectivity index (χ4n) is 1.94. The number of thiazole rings is 1. The molecule has 4 nitrogen and oxygen atoms in total. The van der Waals surface area contributed by atoms with Crippen LogP contribution in [0.1, 0.15) is 17.5 Å². The van der Waals surface area contributed by atoms with Gasteiger partial charge in [0.05, 0.1) is 0 Å². The van der Waals surface area contributed by atoms with Crippen LogP contribution >= 0.6 is 23.1 Å². The first-order valence-electron chi connectivity index (χ1n) is 6.81. The Morgan fingerprint density at radius 1 is 1.33 bits per heavy atom. The van der Waals surface area contributed by atoms with Crippen molar-refractivity contribution in [1.82, 2.24) is 4.98 Å². The first-order valence-corrected chi connectivity index (χ1v) is 8.67. The van der Waals surface area contributed by atoms with Crippen molar-refractivity contribution in [3.8, 4) is 0 Å². The summed E-state index contributed by atoms with van der Waals surface area (Å²) in [5, 5.41) is 5.13. The molecule has 1 aromatic carbocycles. The number of aryl methyl sites for hydroxylation is 2. The van der Waals surface area contributed by atoms with E-state index in [9.17, 15) is 0 Å². The maximum absolute atomic E-state index is 5.90. The first kappa shape index (κ1) is 15.9. The zero-order valence-electron chi connectivity index (χ0n) is 12.3. The highest BCUT2D eigenvalue weighted by Gasteiger charge is 1.98. The van der Waals surface area contributed by atoms with E-state index in [1.165, 1.54) is 11.1 Å². The maximum Gasteiger partial charge on any atom is 0.193 e. The average Bonchev–Trinajstić information content (AvgIpc) is 2.90. The monoisotopic (exact) mass is 320 g/mol. The molecular weight excluding hydrogens is 300 g/mol. The zero-order chi connectivity index (χ0) is 15.1. The third-order valence-electron chi connectivity index (χ3n) is 2.71. The number of aliphatic imine (C=N–C) groups is 1. The maximum atomic E-state index is 5.90. The molecule has 112 valence electrons. The van der Waals surface area contributed by atoms with Crippen LogP contribution in [-0.4, -0.2) is 23.2 Å². The van der Waals surface area contributed by atoms with Gasteiger partial charge in [0.15, 0.2) is 5.96 Å². The molecule has 0 bridgehead atoms. The molecule has 0 unspecified atom stereocenters. The highest BCUT2D eigenvalue weighted by atomic mass is 32.2. The molecule has 0 saturated heterocycles. The third kappa shape index (κ3) is 5.77. The second-order valence-corrected chi connectivity index (χ2v) is 7.00. The van der Waals surface area contributed by atoms with Crippen LogP contribution in [0, 0.1) is 13.8 Å². The summed E-state index contributed by atoms with van der Waals surface area (Å²) >= 11 is 3.43. The number of rotatable bonds is 6. The molecule has 0 spiro atoms. The fourth-order valence-corrected chi connectivity index (χ4v) is 3.57. The van der Waals surface area contributed by atoms with Gasteiger partial charge in [0.2, 0.25) is 0 Å². The number of aromatic nitrogens is 1. The predicted molar refractivity (Wildman–Crippen MR) is 93.5 cm³/mol. The molecule has 2 rings (SSSR count). The molecule has 0 aliphatic heterocycles. The van der Waals surface area contributed by atoms with Crippen molar-refractivity contribution in [2.45, 2.75) is 24.6 Å². The number of nitrogens with one attached hydrogen (secondary N) is 1. The molecule has 0 saturated carbocycles. The molecule has 0 radical (unpaired) electrons. The minimum absolute atomic E-state index is 0.472. The Labute approximate surface area is 133 Å². The normalized spacial score (nSPS) is 11.6. The molecule has 3 N–H and O–H groups in total. The van der Waals surface area contributed by atoms with Crippen LogP contribution in [0.25, 0.3) is 0 Å². The van der Waals surface area contributed by atoms with Gasteiger partial charge in [-0.3, -0.25) is 4.99 Å². The molecule has 0 amide bonds. The summed E-state index contributed by atoms with van der Waals surface area (Å²) in [5.74, 6) is 1.48. The van der Waals surface area contributed by atoms with Crippen molar-refractivity contribution >= 4 is 34.7 Å². The molecule has 1 aromatic heterocycles. The molecule has 1 heterocycles. The number of guanidine groups is 1. The lowest BCUT2D eigenvalue weighted by atomic mass is 10.1. The standard InChI is InChI=1S/C15H20N4S2/c1-11-8-12(2)10-13(9-11)19-14(16)17-4-3-6-20-15-18-5-7-21-15/h5,7-10H,3-4,6H2,1-2H3,(H3,16,17,19). The zero-order valence-corrected chi connectivity index (χ0v) is 13.9. The van der Waals surface area contributed by atoms with Crippen LogP contribution in [0.4, 0.5) is 5.69 Å². The largest absolute Gasteiger partial charge is 0.370 e. The summed E-state index contributed by atoms with van der Waals surface area (Å²) in [6, 6.07) is 6.26. The van der Waals surface area contributed by atoms with Crippen LogP contribution in [-0.2, 0) is 0 Å². The Morgan fingerprint density at radius 3 is 2.76 bits per heavy atom. The van der Waals surface area contributed by atoms with Gasteiger partial charge >= 0.3 is 0 Å². The quantitative estimate of drug-likeness (QED) is 0.369. The van der Waals surface area contributed by atoms with Gasteiger partial charge in [0.25, 0.3) is 0 Å². The van der Waals surface area contributed by atoms with Crippen molar-refractivity contribution in [1.29, 1.82) is 0 Å². The van der Waals surface area contributed by atoms with Gasteiger partial charge in [-0.15, -0.1) is 11.3 Å². The first-order chi connectivity index (χ1) is 10.1. The van der Waals surface area contributed by atoms with E-state index in [4.69, 9.17) is 5.73 Å². The molecule has 6 heteroatoms. The summed E-state index contributed by atoms with van der Waals surface area (Å²) in [5.41, 5.74) is 9.32. The van der Waals surface area contributed by atoms with E-state index >= 15 is 0 Å². The molecule has 2 aromatic rings. The Morgan fingerprint density at radius 2 is 2.10 bits per heavy atom. The minimum atomic E-state index is 0.472. The van der Waals surface area contributed by atoms with Gasteiger partial charge in [0, 0.05) is 29.6 Å². The van der Waals surface area contributed by atoms with E-state index in [-0.39, 0.29) is 0 Å². The van der Waals surface area contributed by atoms with E-state index in [1.807, 2.05) is 11.6 Å². The van der Waals surface area contributed by atoms with E-state index in [0.717, 1.165) is 28.7 Å². The van der Waals surface area contributed by atoms with Crippen molar-refractivity contribution in [3.05, 3.63) is 40.9 Å². The number of benzene rings is 1. The smallest absolute Gasteiger partial charge is 0.193 e. The molecule has 21 heavy (non-hydrogen) atoms. The number of nitrogens with two attached hydrogens (primary N) is 1. The topological polar surface area (TPSA) is 63.3 Å². The Bertz CT molecular complexity index is 573. The molecular formula is C15H20N4S2. The van der Waals surface area contributed by atoms with Crippen molar-refractivity contribution in [2.24, 2.45) is 10.7 Å². The number of nitrogens with zero attached hydrogens (tertiary/aromatic N) is 2. The number of hydrogen-bond acceptors (Lipinski definition) is 4. The van der Waals surface area contributed by atoms with Gasteiger partial charge < -0.3 is 11.1 Å². The second-order valence-electron chi connectivity index (χ2n) is 4.77. The van der Waals surface area contributed by atoms with Gasteiger partial charge in [-0.1, -0.05) is 17.8 Å². The van der Waals surface area contributed by atoms with Gasteiger partial charge in [-0.05, 0) is 43.5 Å². The number of hydrogen-bond donors (Lipinski definition) is 2. The van der Waals surface area contributed by atoms with Gasteiger partial charge in [0.1, 0.15) is 4.34 Å². The van der Waals surface area contributed by atoms with E-state index in [2.05, 4.69) is 47.3 Å². The minimum Gasteiger partial charge on any atom is -0.370 e. The lowest BCUT2D eigenvalue weighted by Crippen LogP contribution is -2.23. The third-order valence-corrected chi connectivity index (χ3v) is 4.77. The summed E-state index contributed by atoms with van der Waals surface area (Å²) in [7, 11) is 0. The summed E-state index contributed by atoms with van der Waals surface area (Å²) in [6.07, 6.45) is 2.82. The lowest BCUT2D eigenvalue weighted by Gasteiger charge is -2.07. The highest BCUT2D eigenvalue weighted by Crippen LogP contribution is 2.20. The molecule has 0 atom stereocenters. The highest BCUT2D eigenvalue weighted by molar-refractivity contribution is 8.00.